The molecule has 1 N–H and O–H groups in total. The van der Waals surface area contributed by atoms with E-state index in [-0.39, 0.29) is 25.3 Å². The quantitative estimate of drug-likeness (QED) is 0.670. The molecule has 7 heteroatoms. The molecule has 2 amide bonds. The van der Waals surface area contributed by atoms with Crippen LogP contribution >= 0.6 is 0 Å². The van der Waals surface area contributed by atoms with Gasteiger partial charge in [0.25, 0.3) is 5.91 Å². The number of carbonyl (C=O) groups excluding carboxylic acids is 2. The second kappa shape index (κ2) is 6.26. The Morgan fingerprint density at radius 1 is 1.19 bits per heavy atom. The zero-order valence-corrected chi connectivity index (χ0v) is 11.2. The molecular weight excluding hydrogens is 285 g/mol. The van der Waals surface area contributed by atoms with Crippen LogP contribution in [0, 0.1) is 0 Å². The Kier molecular flexibility index (Phi) is 4.62. The lowest BCUT2D eigenvalue weighted by Crippen LogP contribution is -2.39. The van der Waals surface area contributed by atoms with Gasteiger partial charge in [0.15, 0.2) is 0 Å². The number of alkyl halides is 3. The molecule has 0 saturated carbocycles. The van der Waals surface area contributed by atoms with Crippen molar-refractivity contribution >= 4 is 17.5 Å². The van der Waals surface area contributed by atoms with E-state index in [9.17, 15) is 22.8 Å². The summed E-state index contributed by atoms with van der Waals surface area (Å²) in [6.07, 6.45) is -5.25. The number of anilines is 1. The van der Waals surface area contributed by atoms with Gasteiger partial charge < -0.3 is 5.32 Å². The molecule has 21 heavy (non-hydrogen) atoms. The predicted molar refractivity (Wildman–Crippen MR) is 70.6 cm³/mol. The number of imide groups is 1. The van der Waals surface area contributed by atoms with Gasteiger partial charge in [-0.25, -0.2) is 4.90 Å². The van der Waals surface area contributed by atoms with E-state index in [4.69, 9.17) is 0 Å². The minimum Gasteiger partial charge on any atom is -0.305 e. The van der Waals surface area contributed by atoms with Crippen molar-refractivity contribution in [3.05, 3.63) is 30.3 Å². The Labute approximate surface area is 119 Å². The molecule has 1 fully saturated rings. The van der Waals surface area contributed by atoms with Crippen LogP contribution in [0.2, 0.25) is 0 Å². The molecule has 4 nitrogen and oxygen atoms in total. The number of benzene rings is 1. The summed E-state index contributed by atoms with van der Waals surface area (Å²) in [7, 11) is 0. The number of rotatable bonds is 5. The molecule has 1 aliphatic heterocycles. The van der Waals surface area contributed by atoms with Crippen LogP contribution in [0.3, 0.4) is 0 Å². The van der Waals surface area contributed by atoms with E-state index in [2.05, 4.69) is 5.32 Å². The molecule has 1 unspecified atom stereocenters. The van der Waals surface area contributed by atoms with Crippen LogP contribution in [-0.4, -0.2) is 30.6 Å². The summed E-state index contributed by atoms with van der Waals surface area (Å²) in [5.41, 5.74) is 0.479. The molecule has 0 radical (unpaired) electrons. The maximum absolute atomic E-state index is 12.1. The summed E-state index contributed by atoms with van der Waals surface area (Å²) in [4.78, 5) is 25.1. The third-order valence-electron chi connectivity index (χ3n) is 3.19. The SMILES string of the molecule is O=C1CC(NCCCC(F)(F)F)C(=O)N1c1ccccc1. The smallest absolute Gasteiger partial charge is 0.305 e. The van der Waals surface area contributed by atoms with Gasteiger partial charge in [-0.05, 0) is 25.1 Å². The fraction of sp³-hybridized carbons (Fsp3) is 0.429. The first-order valence-corrected chi connectivity index (χ1v) is 6.60. The molecule has 0 spiro atoms. The standard InChI is InChI=1S/C14H15F3N2O2/c15-14(16,17)7-4-8-18-11-9-12(20)19(13(11)21)10-5-2-1-3-6-10/h1-3,5-6,11,18H,4,7-9H2. The molecular formula is C14H15F3N2O2. The highest BCUT2D eigenvalue weighted by Gasteiger charge is 2.39. The van der Waals surface area contributed by atoms with Crippen molar-refractivity contribution in [3.8, 4) is 0 Å². The molecule has 114 valence electrons. The predicted octanol–water partition coefficient (Wildman–Crippen LogP) is 2.25. The van der Waals surface area contributed by atoms with Crippen LogP contribution in [0.25, 0.3) is 0 Å². The first-order valence-electron chi connectivity index (χ1n) is 6.60. The first kappa shape index (κ1) is 15.5. The monoisotopic (exact) mass is 300 g/mol. The van der Waals surface area contributed by atoms with Crippen LogP contribution in [0.1, 0.15) is 19.3 Å². The van der Waals surface area contributed by atoms with Crippen molar-refractivity contribution in [2.75, 3.05) is 11.4 Å². The molecule has 2 rings (SSSR count). The Balaban J connectivity index is 1.90. The van der Waals surface area contributed by atoms with Gasteiger partial charge in [-0.2, -0.15) is 13.2 Å². The van der Waals surface area contributed by atoms with Gasteiger partial charge in [0.05, 0.1) is 18.2 Å². The number of para-hydroxylation sites is 1. The zero-order valence-electron chi connectivity index (χ0n) is 11.2. The van der Waals surface area contributed by atoms with Gasteiger partial charge in [-0.3, -0.25) is 9.59 Å². The first-order chi connectivity index (χ1) is 9.88. The lowest BCUT2D eigenvalue weighted by molar-refractivity contribution is -0.135. The Morgan fingerprint density at radius 3 is 2.48 bits per heavy atom. The second-order valence-electron chi connectivity index (χ2n) is 4.83. The average Bonchev–Trinajstić information content (AvgIpc) is 2.69. The van der Waals surface area contributed by atoms with Gasteiger partial charge >= 0.3 is 6.18 Å². The maximum Gasteiger partial charge on any atom is 0.389 e. The Hall–Kier alpha value is -1.89. The van der Waals surface area contributed by atoms with Crippen LogP contribution in [0.4, 0.5) is 18.9 Å². The minimum absolute atomic E-state index is 0.0280. The minimum atomic E-state index is -4.20. The van der Waals surface area contributed by atoms with E-state index in [1.807, 2.05) is 0 Å². The van der Waals surface area contributed by atoms with Gasteiger partial charge in [0.1, 0.15) is 0 Å². The Bertz CT molecular complexity index is 517. The van der Waals surface area contributed by atoms with Gasteiger partial charge in [0, 0.05) is 6.42 Å². The van der Waals surface area contributed by atoms with Gasteiger partial charge in [-0.15, -0.1) is 0 Å². The number of carbonyl (C=O) groups is 2. The van der Waals surface area contributed by atoms with Crippen molar-refractivity contribution < 1.29 is 22.8 Å². The number of halogens is 3. The summed E-state index contributed by atoms with van der Waals surface area (Å²) in [6, 6.07) is 7.72. The fourth-order valence-corrected chi connectivity index (χ4v) is 2.20. The third kappa shape index (κ3) is 4.04. The average molecular weight is 300 g/mol. The van der Waals surface area contributed by atoms with Crippen LogP contribution < -0.4 is 10.2 Å². The lowest BCUT2D eigenvalue weighted by Gasteiger charge is -2.15. The zero-order chi connectivity index (χ0) is 15.5. The molecule has 1 saturated heterocycles. The molecule has 1 aromatic rings. The number of nitrogens with one attached hydrogen (secondary N) is 1. The van der Waals surface area contributed by atoms with Crippen LogP contribution in [0.15, 0.2) is 30.3 Å². The number of nitrogens with zero attached hydrogens (tertiary/aromatic N) is 1. The third-order valence-corrected chi connectivity index (χ3v) is 3.19. The Morgan fingerprint density at radius 2 is 1.86 bits per heavy atom. The lowest BCUT2D eigenvalue weighted by atomic mass is 10.2. The van der Waals surface area contributed by atoms with Crippen LogP contribution in [-0.2, 0) is 9.59 Å². The molecule has 1 heterocycles. The summed E-state index contributed by atoms with van der Waals surface area (Å²) in [5.74, 6) is -0.766. The normalized spacial score (nSPS) is 19.4. The largest absolute Gasteiger partial charge is 0.389 e. The highest BCUT2D eigenvalue weighted by molar-refractivity contribution is 6.22. The molecule has 1 aliphatic rings. The molecule has 1 aromatic carbocycles. The van der Waals surface area contributed by atoms with Crippen molar-refractivity contribution in [3.63, 3.8) is 0 Å². The molecule has 0 aliphatic carbocycles. The second-order valence-corrected chi connectivity index (χ2v) is 4.83. The van der Waals surface area contributed by atoms with E-state index in [1.165, 1.54) is 0 Å². The van der Waals surface area contributed by atoms with Crippen LogP contribution in [0.5, 0.6) is 0 Å². The fourth-order valence-electron chi connectivity index (χ4n) is 2.20. The molecule has 0 aromatic heterocycles. The van der Waals surface area contributed by atoms with E-state index >= 15 is 0 Å². The molecule has 0 bridgehead atoms. The number of amides is 2. The van der Waals surface area contributed by atoms with Crippen molar-refractivity contribution in [1.82, 2.24) is 5.32 Å². The van der Waals surface area contributed by atoms with E-state index in [0.717, 1.165) is 4.90 Å². The number of hydrogen-bond donors (Lipinski definition) is 1. The van der Waals surface area contributed by atoms with Crippen molar-refractivity contribution in [2.24, 2.45) is 0 Å². The van der Waals surface area contributed by atoms with E-state index in [1.54, 1.807) is 30.3 Å². The van der Waals surface area contributed by atoms with Gasteiger partial charge in [0.2, 0.25) is 5.91 Å². The van der Waals surface area contributed by atoms with E-state index < -0.39 is 24.5 Å². The van der Waals surface area contributed by atoms with E-state index in [0.29, 0.717) is 5.69 Å². The summed E-state index contributed by atoms with van der Waals surface area (Å²) in [6.45, 7) is 0.0474. The summed E-state index contributed by atoms with van der Waals surface area (Å²) in [5, 5.41) is 2.72. The highest BCUT2D eigenvalue weighted by atomic mass is 19.4. The maximum atomic E-state index is 12.1. The van der Waals surface area contributed by atoms with Gasteiger partial charge in [-0.1, -0.05) is 18.2 Å². The van der Waals surface area contributed by atoms with Crippen molar-refractivity contribution in [2.45, 2.75) is 31.5 Å². The highest BCUT2D eigenvalue weighted by Crippen LogP contribution is 2.23. The topological polar surface area (TPSA) is 49.4 Å². The number of hydrogen-bond acceptors (Lipinski definition) is 3. The van der Waals surface area contributed by atoms with Crippen molar-refractivity contribution in [1.29, 1.82) is 0 Å². The summed E-state index contributed by atoms with van der Waals surface area (Å²) >= 11 is 0. The summed E-state index contributed by atoms with van der Waals surface area (Å²) < 4.78 is 36.1. The molecule has 1 atom stereocenters.